The molecule has 0 radical (unpaired) electrons. The zero-order valence-electron chi connectivity index (χ0n) is 13.7. The normalized spacial score (nSPS) is 22.7. The summed E-state index contributed by atoms with van der Waals surface area (Å²) in [6.07, 6.45) is 4.48. The highest BCUT2D eigenvalue weighted by Crippen LogP contribution is 2.36. The lowest BCUT2D eigenvalue weighted by Crippen LogP contribution is -2.51. The maximum absolute atomic E-state index is 13.2. The molecule has 2 fully saturated rings. The monoisotopic (exact) mass is 338 g/mol. The summed E-state index contributed by atoms with van der Waals surface area (Å²) in [6, 6.07) is 1.80. The smallest absolute Gasteiger partial charge is 0.248 e. The zero-order valence-corrected chi connectivity index (χ0v) is 13.7. The number of piperazine rings is 1. The van der Waals surface area contributed by atoms with E-state index in [1.165, 1.54) is 0 Å². The van der Waals surface area contributed by atoms with Gasteiger partial charge >= 0.3 is 0 Å². The molecule has 8 heteroatoms. The summed E-state index contributed by atoms with van der Waals surface area (Å²) in [5, 5.41) is 0. The molecule has 1 saturated carbocycles. The summed E-state index contributed by atoms with van der Waals surface area (Å²) in [7, 11) is 0. The summed E-state index contributed by atoms with van der Waals surface area (Å²) < 4.78 is 26.3. The van der Waals surface area contributed by atoms with Gasteiger partial charge in [-0.15, -0.1) is 0 Å². The molecule has 1 aliphatic heterocycles. The number of nitrogens with zero attached hydrogens (tertiary/aromatic N) is 5. The van der Waals surface area contributed by atoms with Crippen molar-refractivity contribution in [2.24, 2.45) is 16.6 Å². The van der Waals surface area contributed by atoms with Gasteiger partial charge in [-0.2, -0.15) is 0 Å². The minimum absolute atomic E-state index is 0.0250. The Kier molecular flexibility index (Phi) is 5.11. The number of hydrogen-bond acceptors (Lipinski definition) is 4. The molecule has 1 aromatic rings. The van der Waals surface area contributed by atoms with Gasteiger partial charge in [0.2, 0.25) is 11.9 Å². The maximum atomic E-state index is 13.2. The number of aliphatic imine (C=N–C) groups is 1. The van der Waals surface area contributed by atoms with Gasteiger partial charge in [-0.25, -0.2) is 18.7 Å². The molecule has 1 aromatic heterocycles. The van der Waals surface area contributed by atoms with E-state index in [4.69, 9.17) is 5.73 Å². The van der Waals surface area contributed by atoms with Crippen LogP contribution in [0.2, 0.25) is 0 Å². The van der Waals surface area contributed by atoms with E-state index in [2.05, 4.69) is 19.9 Å². The van der Waals surface area contributed by atoms with Gasteiger partial charge in [-0.05, 0) is 24.8 Å². The van der Waals surface area contributed by atoms with Gasteiger partial charge in [0.15, 0.2) is 5.96 Å². The summed E-state index contributed by atoms with van der Waals surface area (Å²) in [4.78, 5) is 17.1. The minimum atomic E-state index is -2.48. The molecule has 2 heterocycles. The van der Waals surface area contributed by atoms with Crippen molar-refractivity contribution < 1.29 is 8.78 Å². The predicted octanol–water partition coefficient (Wildman–Crippen LogP) is 1.74. The molecule has 132 valence electrons. The molecular weight excluding hydrogens is 314 g/mol. The first-order valence-electron chi connectivity index (χ1n) is 8.48. The average molecular weight is 338 g/mol. The first kappa shape index (κ1) is 16.9. The summed E-state index contributed by atoms with van der Waals surface area (Å²) in [5.41, 5.74) is 6.08. The molecule has 0 atom stereocenters. The third-order valence-corrected chi connectivity index (χ3v) is 4.79. The van der Waals surface area contributed by atoms with Gasteiger partial charge in [0.05, 0.1) is 0 Å². The lowest BCUT2D eigenvalue weighted by atomic mass is 9.87. The maximum Gasteiger partial charge on any atom is 0.248 e. The second-order valence-electron chi connectivity index (χ2n) is 6.52. The number of aromatic nitrogens is 2. The third kappa shape index (κ3) is 4.30. The van der Waals surface area contributed by atoms with Gasteiger partial charge in [0.1, 0.15) is 0 Å². The Hall–Kier alpha value is -1.99. The molecule has 2 aliphatic rings. The Bertz CT molecular complexity index is 547. The minimum Gasteiger partial charge on any atom is -0.370 e. The van der Waals surface area contributed by atoms with Crippen molar-refractivity contribution in [3.8, 4) is 0 Å². The zero-order chi connectivity index (χ0) is 17.0. The van der Waals surface area contributed by atoms with Crippen molar-refractivity contribution in [1.82, 2.24) is 14.9 Å². The topological polar surface area (TPSA) is 70.6 Å². The molecular formula is C16H24F2N6. The second-order valence-corrected chi connectivity index (χ2v) is 6.52. The quantitative estimate of drug-likeness (QED) is 0.671. The van der Waals surface area contributed by atoms with Gasteiger partial charge in [0, 0.05) is 58.0 Å². The van der Waals surface area contributed by atoms with Crippen molar-refractivity contribution >= 4 is 11.9 Å². The van der Waals surface area contributed by atoms with Crippen LogP contribution in [0.4, 0.5) is 14.7 Å². The van der Waals surface area contributed by atoms with E-state index in [0.29, 0.717) is 25.3 Å². The first-order valence-corrected chi connectivity index (χ1v) is 8.48. The largest absolute Gasteiger partial charge is 0.370 e. The Balaban J connectivity index is 1.46. The van der Waals surface area contributed by atoms with Gasteiger partial charge in [-0.1, -0.05) is 0 Å². The van der Waals surface area contributed by atoms with E-state index >= 15 is 0 Å². The highest BCUT2D eigenvalue weighted by atomic mass is 19.3. The number of hydrogen-bond donors (Lipinski definition) is 1. The Labute approximate surface area is 140 Å². The van der Waals surface area contributed by atoms with E-state index in [0.717, 1.165) is 32.1 Å². The molecule has 24 heavy (non-hydrogen) atoms. The fourth-order valence-electron chi connectivity index (χ4n) is 3.20. The molecule has 6 nitrogen and oxygen atoms in total. The second kappa shape index (κ2) is 7.27. The lowest BCUT2D eigenvalue weighted by Gasteiger charge is -2.35. The Morgan fingerprint density at radius 3 is 2.42 bits per heavy atom. The molecule has 0 unspecified atom stereocenters. The number of rotatable bonds is 3. The number of alkyl halides is 2. The van der Waals surface area contributed by atoms with Crippen molar-refractivity contribution in [3.05, 3.63) is 18.5 Å². The van der Waals surface area contributed by atoms with Crippen LogP contribution in [-0.2, 0) is 0 Å². The molecule has 1 aliphatic carbocycles. The summed E-state index contributed by atoms with van der Waals surface area (Å²) in [5.74, 6) is -1.01. The van der Waals surface area contributed by atoms with Crippen molar-refractivity contribution in [2.45, 2.75) is 31.6 Å². The van der Waals surface area contributed by atoms with E-state index in [1.807, 2.05) is 4.90 Å². The van der Waals surface area contributed by atoms with Crippen LogP contribution in [0.25, 0.3) is 0 Å². The van der Waals surface area contributed by atoms with E-state index in [9.17, 15) is 8.78 Å². The van der Waals surface area contributed by atoms with Crippen LogP contribution in [-0.4, -0.2) is 59.5 Å². The van der Waals surface area contributed by atoms with Crippen molar-refractivity contribution in [3.63, 3.8) is 0 Å². The molecule has 0 aromatic carbocycles. The molecule has 0 bridgehead atoms. The standard InChI is InChI=1S/C16H24F2N6/c17-16(18)4-2-13(3-5-16)12-22-14(19)23-8-10-24(11-9-23)15-20-6-1-7-21-15/h1,6-7,13H,2-5,8-12H2,(H2,19,22). The van der Waals surface area contributed by atoms with Crippen LogP contribution in [0, 0.1) is 5.92 Å². The molecule has 0 spiro atoms. The predicted molar refractivity (Wildman–Crippen MR) is 89.2 cm³/mol. The highest BCUT2D eigenvalue weighted by molar-refractivity contribution is 5.78. The molecule has 3 rings (SSSR count). The highest BCUT2D eigenvalue weighted by Gasteiger charge is 2.34. The first-order chi connectivity index (χ1) is 11.5. The number of halogens is 2. The number of anilines is 1. The third-order valence-electron chi connectivity index (χ3n) is 4.79. The van der Waals surface area contributed by atoms with Gasteiger partial charge in [-0.3, -0.25) is 4.99 Å². The van der Waals surface area contributed by atoms with Crippen LogP contribution in [0.1, 0.15) is 25.7 Å². The summed E-state index contributed by atoms with van der Waals surface area (Å²) >= 11 is 0. The Morgan fingerprint density at radius 2 is 1.79 bits per heavy atom. The fraction of sp³-hybridized carbons (Fsp3) is 0.688. The van der Waals surface area contributed by atoms with E-state index in [1.54, 1.807) is 18.5 Å². The van der Waals surface area contributed by atoms with Crippen molar-refractivity contribution in [2.75, 3.05) is 37.6 Å². The van der Waals surface area contributed by atoms with Gasteiger partial charge < -0.3 is 15.5 Å². The van der Waals surface area contributed by atoms with E-state index < -0.39 is 5.92 Å². The molecule has 1 saturated heterocycles. The Morgan fingerprint density at radius 1 is 1.17 bits per heavy atom. The number of guanidine groups is 1. The number of nitrogens with two attached hydrogens (primary N) is 1. The van der Waals surface area contributed by atoms with Crippen molar-refractivity contribution in [1.29, 1.82) is 0 Å². The van der Waals surface area contributed by atoms with Crippen LogP contribution in [0.15, 0.2) is 23.5 Å². The lowest BCUT2D eigenvalue weighted by molar-refractivity contribution is -0.0446. The van der Waals surface area contributed by atoms with Crippen LogP contribution in [0.3, 0.4) is 0 Å². The van der Waals surface area contributed by atoms with Gasteiger partial charge in [0.25, 0.3) is 0 Å². The van der Waals surface area contributed by atoms with E-state index in [-0.39, 0.29) is 18.8 Å². The van der Waals surface area contributed by atoms with Crippen LogP contribution in [0.5, 0.6) is 0 Å². The average Bonchev–Trinajstić information content (AvgIpc) is 2.61. The van der Waals surface area contributed by atoms with Crippen LogP contribution >= 0.6 is 0 Å². The molecule has 0 amide bonds. The van der Waals surface area contributed by atoms with Crippen LogP contribution < -0.4 is 10.6 Å². The SMILES string of the molecule is NC(=NCC1CCC(F)(F)CC1)N1CCN(c2ncccn2)CC1. The summed E-state index contributed by atoms with van der Waals surface area (Å²) in [6.45, 7) is 3.64. The fourth-order valence-corrected chi connectivity index (χ4v) is 3.20. The molecule has 2 N–H and O–H groups in total.